The number of Topliss-reactive ketones (excluding diaryl/α,β-unsaturated/α-hetero) is 1. The Morgan fingerprint density at radius 1 is 1.35 bits per heavy atom. The second-order valence-electron chi connectivity index (χ2n) is 5.59. The topological polar surface area (TPSA) is 42.0 Å². The van der Waals surface area contributed by atoms with Crippen molar-refractivity contribution in [1.29, 1.82) is 0 Å². The fourth-order valence-corrected chi connectivity index (χ4v) is 2.87. The van der Waals surface area contributed by atoms with E-state index in [1.54, 1.807) is 6.20 Å². The van der Waals surface area contributed by atoms with Crippen molar-refractivity contribution in [1.82, 2.24) is 10.3 Å². The normalized spacial score (nSPS) is 19.1. The molecule has 0 radical (unpaired) electrons. The average Bonchev–Trinajstić information content (AvgIpc) is 2.53. The summed E-state index contributed by atoms with van der Waals surface area (Å²) in [5.41, 5.74) is 1.69. The monoisotopic (exact) mass is 268 g/mol. The summed E-state index contributed by atoms with van der Waals surface area (Å²) in [6.07, 6.45) is 5.81. The van der Waals surface area contributed by atoms with Crippen LogP contribution in [0.15, 0.2) is 36.5 Å². The van der Waals surface area contributed by atoms with E-state index in [9.17, 15) is 4.79 Å². The largest absolute Gasteiger partial charge is 0.316 e. The molecule has 20 heavy (non-hydrogen) atoms. The summed E-state index contributed by atoms with van der Waals surface area (Å²) in [6.45, 7) is 2.18. The summed E-state index contributed by atoms with van der Waals surface area (Å²) in [4.78, 5) is 16.6. The molecule has 0 spiro atoms. The van der Waals surface area contributed by atoms with Crippen LogP contribution in [0.3, 0.4) is 0 Å². The van der Waals surface area contributed by atoms with E-state index in [0.717, 1.165) is 36.0 Å². The zero-order chi connectivity index (χ0) is 13.8. The molecule has 0 bridgehead atoms. The van der Waals surface area contributed by atoms with Crippen molar-refractivity contribution in [2.75, 3.05) is 13.1 Å². The van der Waals surface area contributed by atoms with E-state index < -0.39 is 0 Å². The smallest absolute Gasteiger partial charge is 0.164 e. The highest BCUT2D eigenvalue weighted by atomic mass is 16.1. The van der Waals surface area contributed by atoms with Crippen LogP contribution in [0.5, 0.6) is 0 Å². The number of para-hydroxylation sites is 1. The number of nitrogens with zero attached hydrogens (tertiary/aromatic N) is 1. The molecule has 3 nitrogen and oxygen atoms in total. The number of aromatic nitrogens is 1. The summed E-state index contributed by atoms with van der Waals surface area (Å²) in [7, 11) is 0. The number of nitrogens with one attached hydrogen (secondary N) is 1. The van der Waals surface area contributed by atoms with E-state index >= 15 is 0 Å². The van der Waals surface area contributed by atoms with Crippen LogP contribution in [0.4, 0.5) is 0 Å². The minimum Gasteiger partial charge on any atom is -0.316 e. The lowest BCUT2D eigenvalue weighted by Crippen LogP contribution is -2.30. The van der Waals surface area contributed by atoms with Crippen molar-refractivity contribution in [2.45, 2.75) is 25.7 Å². The van der Waals surface area contributed by atoms with Gasteiger partial charge in [0, 0.05) is 23.6 Å². The number of pyridine rings is 1. The van der Waals surface area contributed by atoms with Crippen LogP contribution in [-0.2, 0) is 0 Å². The number of carbonyl (C=O) groups excluding carboxylic acids is 1. The van der Waals surface area contributed by atoms with Gasteiger partial charge >= 0.3 is 0 Å². The van der Waals surface area contributed by atoms with Crippen molar-refractivity contribution in [3.8, 4) is 0 Å². The Labute approximate surface area is 119 Å². The fraction of sp³-hybridized carbons (Fsp3) is 0.412. The number of hydrogen-bond donors (Lipinski definition) is 1. The molecular formula is C17H20N2O. The van der Waals surface area contributed by atoms with E-state index in [1.807, 2.05) is 30.3 Å². The predicted molar refractivity (Wildman–Crippen MR) is 80.9 cm³/mol. The van der Waals surface area contributed by atoms with E-state index in [2.05, 4.69) is 10.3 Å². The third-order valence-corrected chi connectivity index (χ3v) is 4.09. The van der Waals surface area contributed by atoms with Gasteiger partial charge in [-0.2, -0.15) is 0 Å². The standard InChI is InChI=1S/C17H20N2O/c20-17(8-7-13-4-3-9-18-11-13)15-10-14-5-1-2-6-16(14)19-12-15/h1-2,5-6,10,12-13,18H,3-4,7-9,11H2. The van der Waals surface area contributed by atoms with Crippen LogP contribution < -0.4 is 5.32 Å². The fourth-order valence-electron chi connectivity index (χ4n) is 2.87. The molecular weight excluding hydrogens is 248 g/mol. The molecule has 1 aromatic heterocycles. The highest BCUT2D eigenvalue weighted by molar-refractivity contribution is 5.98. The first-order valence-corrected chi connectivity index (χ1v) is 7.41. The summed E-state index contributed by atoms with van der Waals surface area (Å²) >= 11 is 0. The molecule has 1 aliphatic rings. The van der Waals surface area contributed by atoms with E-state index in [-0.39, 0.29) is 5.78 Å². The quantitative estimate of drug-likeness (QED) is 0.866. The molecule has 1 atom stereocenters. The van der Waals surface area contributed by atoms with Crippen LogP contribution in [0.1, 0.15) is 36.0 Å². The Morgan fingerprint density at radius 2 is 2.25 bits per heavy atom. The first kappa shape index (κ1) is 13.3. The summed E-state index contributed by atoms with van der Waals surface area (Å²) < 4.78 is 0. The van der Waals surface area contributed by atoms with Crippen molar-refractivity contribution >= 4 is 16.7 Å². The van der Waals surface area contributed by atoms with Gasteiger partial charge in [-0.1, -0.05) is 18.2 Å². The molecule has 0 amide bonds. The van der Waals surface area contributed by atoms with E-state index in [4.69, 9.17) is 0 Å². The maximum atomic E-state index is 12.3. The second-order valence-corrected chi connectivity index (χ2v) is 5.59. The SMILES string of the molecule is O=C(CCC1CCCNC1)c1cnc2ccccc2c1. The summed E-state index contributed by atoms with van der Waals surface area (Å²) in [6, 6.07) is 9.88. The van der Waals surface area contributed by atoms with Crippen LogP contribution in [0.2, 0.25) is 0 Å². The Bertz CT molecular complexity index is 603. The molecule has 3 heteroatoms. The van der Waals surface area contributed by atoms with Gasteiger partial charge in [0.1, 0.15) is 0 Å². The van der Waals surface area contributed by atoms with Crippen molar-refractivity contribution in [3.63, 3.8) is 0 Å². The minimum absolute atomic E-state index is 0.217. The Balaban J connectivity index is 1.65. The number of fused-ring (bicyclic) bond motifs is 1. The van der Waals surface area contributed by atoms with E-state index in [0.29, 0.717) is 12.3 Å². The third kappa shape index (κ3) is 3.05. The van der Waals surface area contributed by atoms with Crippen molar-refractivity contribution in [2.24, 2.45) is 5.92 Å². The van der Waals surface area contributed by atoms with Gasteiger partial charge in [-0.25, -0.2) is 0 Å². The first-order chi connectivity index (χ1) is 9.83. The number of benzene rings is 1. The van der Waals surface area contributed by atoms with E-state index in [1.165, 1.54) is 12.8 Å². The highest BCUT2D eigenvalue weighted by Gasteiger charge is 2.15. The van der Waals surface area contributed by atoms with Gasteiger partial charge in [0.05, 0.1) is 5.52 Å². The van der Waals surface area contributed by atoms with Gasteiger partial charge in [-0.05, 0) is 50.4 Å². The Hall–Kier alpha value is -1.74. The summed E-state index contributed by atoms with van der Waals surface area (Å²) in [5, 5.41) is 4.44. The molecule has 1 aliphatic heterocycles. The molecule has 1 saturated heterocycles. The lowest BCUT2D eigenvalue weighted by Gasteiger charge is -2.22. The zero-order valence-electron chi connectivity index (χ0n) is 11.6. The minimum atomic E-state index is 0.217. The van der Waals surface area contributed by atoms with Crippen molar-refractivity contribution in [3.05, 3.63) is 42.1 Å². The molecule has 3 rings (SSSR count). The van der Waals surface area contributed by atoms with Gasteiger partial charge < -0.3 is 5.32 Å². The number of piperidine rings is 1. The zero-order valence-corrected chi connectivity index (χ0v) is 11.6. The molecule has 0 saturated carbocycles. The lowest BCUT2D eigenvalue weighted by atomic mass is 9.92. The van der Waals surface area contributed by atoms with Gasteiger partial charge in [0.2, 0.25) is 0 Å². The molecule has 2 aromatic rings. The molecule has 2 heterocycles. The number of hydrogen-bond acceptors (Lipinski definition) is 3. The first-order valence-electron chi connectivity index (χ1n) is 7.41. The molecule has 1 unspecified atom stereocenters. The van der Waals surface area contributed by atoms with Gasteiger partial charge in [0.15, 0.2) is 5.78 Å². The number of rotatable bonds is 4. The second kappa shape index (κ2) is 6.14. The maximum Gasteiger partial charge on any atom is 0.164 e. The highest BCUT2D eigenvalue weighted by Crippen LogP contribution is 2.19. The van der Waals surface area contributed by atoms with Gasteiger partial charge in [-0.15, -0.1) is 0 Å². The number of carbonyl (C=O) groups is 1. The number of ketones is 1. The Kier molecular flexibility index (Phi) is 4.07. The van der Waals surface area contributed by atoms with Gasteiger partial charge in [0.25, 0.3) is 0 Å². The third-order valence-electron chi connectivity index (χ3n) is 4.09. The predicted octanol–water partition coefficient (Wildman–Crippen LogP) is 3.20. The van der Waals surface area contributed by atoms with Crippen LogP contribution in [0, 0.1) is 5.92 Å². The summed E-state index contributed by atoms with van der Waals surface area (Å²) in [5.74, 6) is 0.870. The molecule has 1 N–H and O–H groups in total. The average molecular weight is 268 g/mol. The lowest BCUT2D eigenvalue weighted by molar-refractivity contribution is 0.0971. The van der Waals surface area contributed by atoms with Gasteiger partial charge in [-0.3, -0.25) is 9.78 Å². The van der Waals surface area contributed by atoms with Crippen molar-refractivity contribution < 1.29 is 4.79 Å². The Morgan fingerprint density at radius 3 is 3.10 bits per heavy atom. The molecule has 0 aliphatic carbocycles. The maximum absolute atomic E-state index is 12.3. The van der Waals surface area contributed by atoms with Crippen LogP contribution in [-0.4, -0.2) is 23.9 Å². The van der Waals surface area contributed by atoms with Crippen LogP contribution in [0.25, 0.3) is 10.9 Å². The molecule has 1 fully saturated rings. The molecule has 1 aromatic carbocycles. The molecule has 104 valence electrons. The van der Waals surface area contributed by atoms with Crippen LogP contribution >= 0.6 is 0 Å².